The lowest BCUT2D eigenvalue weighted by atomic mass is 9.99. The molecule has 0 unspecified atom stereocenters. The quantitative estimate of drug-likeness (QED) is 0.422. The van der Waals surface area contributed by atoms with Crippen LogP contribution in [0.3, 0.4) is 0 Å². The molecule has 0 radical (unpaired) electrons. The van der Waals surface area contributed by atoms with Gasteiger partial charge in [-0.15, -0.1) is 11.6 Å². The monoisotopic (exact) mass is 428 g/mol. The van der Waals surface area contributed by atoms with Crippen molar-refractivity contribution in [2.45, 2.75) is 37.4 Å². The van der Waals surface area contributed by atoms with E-state index in [0.717, 1.165) is 6.07 Å². The van der Waals surface area contributed by atoms with Gasteiger partial charge in [0.25, 0.3) is 6.47 Å². The fraction of sp³-hybridized carbons (Fsp3) is 0.316. The van der Waals surface area contributed by atoms with E-state index in [1.807, 2.05) is 0 Å². The minimum absolute atomic E-state index is 0.0528. The van der Waals surface area contributed by atoms with E-state index >= 15 is 0 Å². The molecule has 0 saturated carbocycles. The first-order valence-electron chi connectivity index (χ1n) is 8.29. The standard InChI is InChI=1S/C19H18Cl2O7/c1-10-6-16(27-9-22)13(20)5-3-2-4-11(23)7-12-17(19(26)28-10)14(24)8-15(25)18(12)21/h2-5,8-10,13,16,24-25H,6-7H2,1H3/b4-2+,5-3-/t10-,13+,16+/m1/s1. The number of hydrogen-bond donors (Lipinski definition) is 2. The average molecular weight is 429 g/mol. The minimum Gasteiger partial charge on any atom is -0.507 e. The normalized spacial score (nSPS) is 25.8. The molecule has 2 N–H and O–H groups in total. The van der Waals surface area contributed by atoms with Crippen molar-refractivity contribution < 1.29 is 34.1 Å². The average Bonchev–Trinajstić information content (AvgIpc) is 2.61. The topological polar surface area (TPSA) is 110 Å². The fourth-order valence-corrected chi connectivity index (χ4v) is 3.18. The van der Waals surface area contributed by atoms with E-state index in [-0.39, 0.29) is 35.5 Å². The van der Waals surface area contributed by atoms with E-state index in [4.69, 9.17) is 32.7 Å². The zero-order valence-electron chi connectivity index (χ0n) is 14.8. The van der Waals surface area contributed by atoms with Gasteiger partial charge in [0.05, 0.1) is 10.4 Å². The Morgan fingerprint density at radius 3 is 2.64 bits per heavy atom. The van der Waals surface area contributed by atoms with Gasteiger partial charge < -0.3 is 19.7 Å². The number of ether oxygens (including phenoxy) is 2. The fourth-order valence-electron chi connectivity index (χ4n) is 2.72. The molecule has 150 valence electrons. The molecule has 7 nitrogen and oxygen atoms in total. The molecule has 1 aromatic rings. The smallest absolute Gasteiger partial charge is 0.342 e. The van der Waals surface area contributed by atoms with Gasteiger partial charge in [0.2, 0.25) is 0 Å². The van der Waals surface area contributed by atoms with Gasteiger partial charge in [-0.2, -0.15) is 0 Å². The molecule has 1 heterocycles. The third-order valence-electron chi connectivity index (χ3n) is 4.02. The number of rotatable bonds is 2. The largest absolute Gasteiger partial charge is 0.507 e. The van der Waals surface area contributed by atoms with Crippen molar-refractivity contribution in [3.8, 4) is 11.5 Å². The van der Waals surface area contributed by atoms with Crippen LogP contribution in [0.15, 0.2) is 30.4 Å². The lowest BCUT2D eigenvalue weighted by Gasteiger charge is -2.23. The summed E-state index contributed by atoms with van der Waals surface area (Å²) < 4.78 is 10.3. The summed E-state index contributed by atoms with van der Waals surface area (Å²) in [5, 5.41) is 19.0. The Bertz CT molecular complexity index is 832. The van der Waals surface area contributed by atoms with Crippen molar-refractivity contribution in [3.05, 3.63) is 46.5 Å². The molecule has 0 bridgehead atoms. The third-order valence-corrected chi connectivity index (χ3v) is 4.87. The number of esters is 1. The second kappa shape index (κ2) is 9.61. The molecule has 0 fully saturated rings. The summed E-state index contributed by atoms with van der Waals surface area (Å²) in [7, 11) is 0. The number of halogens is 2. The Hall–Kier alpha value is -2.51. The Labute approximate surface area is 171 Å². The highest BCUT2D eigenvalue weighted by Gasteiger charge is 2.28. The first-order chi connectivity index (χ1) is 13.2. The number of allylic oxidation sites excluding steroid dienone is 3. The van der Waals surface area contributed by atoms with Gasteiger partial charge in [-0.1, -0.05) is 29.8 Å². The lowest BCUT2D eigenvalue weighted by Crippen LogP contribution is -2.29. The van der Waals surface area contributed by atoms with E-state index in [2.05, 4.69) is 0 Å². The van der Waals surface area contributed by atoms with Crippen LogP contribution in [-0.4, -0.2) is 46.0 Å². The van der Waals surface area contributed by atoms with Gasteiger partial charge in [0.1, 0.15) is 29.3 Å². The Kier molecular flexibility index (Phi) is 7.48. The molecule has 1 aliphatic rings. The summed E-state index contributed by atoms with van der Waals surface area (Å²) in [6, 6.07) is 0.895. The minimum atomic E-state index is -0.942. The molecule has 0 saturated heterocycles. The zero-order chi connectivity index (χ0) is 20.8. The van der Waals surface area contributed by atoms with Crippen molar-refractivity contribution in [2.24, 2.45) is 0 Å². The van der Waals surface area contributed by atoms with Crippen LogP contribution >= 0.6 is 23.2 Å². The predicted molar refractivity (Wildman–Crippen MR) is 102 cm³/mol. The summed E-state index contributed by atoms with van der Waals surface area (Å²) >= 11 is 12.2. The van der Waals surface area contributed by atoms with E-state index in [1.54, 1.807) is 6.92 Å². The van der Waals surface area contributed by atoms with Gasteiger partial charge in [-0.3, -0.25) is 9.59 Å². The number of fused-ring (bicyclic) bond motifs is 1. The van der Waals surface area contributed by atoms with Crippen molar-refractivity contribution >= 4 is 41.4 Å². The van der Waals surface area contributed by atoms with E-state index in [0.29, 0.717) is 0 Å². The maximum absolute atomic E-state index is 12.6. The van der Waals surface area contributed by atoms with E-state index < -0.39 is 40.8 Å². The number of carbonyl (C=O) groups excluding carboxylic acids is 3. The molecule has 1 aromatic carbocycles. The van der Waals surface area contributed by atoms with Crippen molar-refractivity contribution in [1.29, 1.82) is 0 Å². The highest BCUT2D eigenvalue weighted by molar-refractivity contribution is 6.33. The highest BCUT2D eigenvalue weighted by Crippen LogP contribution is 2.37. The molecule has 9 heteroatoms. The van der Waals surface area contributed by atoms with Gasteiger partial charge >= 0.3 is 5.97 Å². The number of alkyl halides is 1. The second-order valence-corrected chi connectivity index (χ2v) is 7.02. The Morgan fingerprint density at radius 2 is 1.96 bits per heavy atom. The highest BCUT2D eigenvalue weighted by atomic mass is 35.5. The molecule has 0 aliphatic carbocycles. The van der Waals surface area contributed by atoms with Crippen LogP contribution < -0.4 is 0 Å². The molecule has 2 rings (SSSR count). The van der Waals surface area contributed by atoms with Crippen LogP contribution in [0, 0.1) is 0 Å². The first kappa shape index (κ1) is 21.8. The van der Waals surface area contributed by atoms with E-state index in [9.17, 15) is 24.6 Å². The third kappa shape index (κ3) is 5.27. The summed E-state index contributed by atoms with van der Waals surface area (Å²) in [5.41, 5.74) is -0.373. The number of cyclic esters (lactones) is 1. The van der Waals surface area contributed by atoms with Crippen molar-refractivity contribution in [3.63, 3.8) is 0 Å². The Morgan fingerprint density at radius 1 is 1.25 bits per heavy atom. The molecule has 3 atom stereocenters. The summed E-state index contributed by atoms with van der Waals surface area (Å²) in [5.74, 6) is -2.43. The maximum atomic E-state index is 12.6. The van der Waals surface area contributed by atoms with Gasteiger partial charge in [-0.05, 0) is 13.0 Å². The van der Waals surface area contributed by atoms with Crippen LogP contribution in [0.25, 0.3) is 0 Å². The number of ketones is 1. The molecule has 28 heavy (non-hydrogen) atoms. The molecular weight excluding hydrogens is 411 g/mol. The summed E-state index contributed by atoms with van der Waals surface area (Å²) in [6.45, 7) is 1.80. The zero-order valence-corrected chi connectivity index (χ0v) is 16.3. The first-order valence-corrected chi connectivity index (χ1v) is 9.11. The van der Waals surface area contributed by atoms with Gasteiger partial charge in [0, 0.05) is 24.5 Å². The molecule has 0 spiro atoms. The van der Waals surface area contributed by atoms with Crippen LogP contribution in [0.4, 0.5) is 0 Å². The number of hydrogen-bond acceptors (Lipinski definition) is 7. The van der Waals surface area contributed by atoms with Crippen LogP contribution in [0.1, 0.15) is 29.3 Å². The van der Waals surface area contributed by atoms with Crippen LogP contribution in [-0.2, 0) is 25.5 Å². The Balaban J connectivity index is 2.50. The van der Waals surface area contributed by atoms with Crippen LogP contribution in [0.2, 0.25) is 5.02 Å². The van der Waals surface area contributed by atoms with Crippen molar-refractivity contribution in [1.82, 2.24) is 0 Å². The number of phenolic OH excluding ortho intramolecular Hbond substituents is 2. The van der Waals surface area contributed by atoms with Crippen LogP contribution in [0.5, 0.6) is 11.5 Å². The molecule has 0 amide bonds. The molecule has 0 aromatic heterocycles. The maximum Gasteiger partial charge on any atom is 0.342 e. The van der Waals surface area contributed by atoms with Crippen molar-refractivity contribution in [2.75, 3.05) is 0 Å². The van der Waals surface area contributed by atoms with Gasteiger partial charge in [0.15, 0.2) is 5.78 Å². The SMILES string of the molecule is C[C@@H]1C[C@H](OC=O)[C@@H](Cl)/C=C\C=C\C(=O)Cc2c(Cl)c(O)cc(O)c2C(=O)O1. The lowest BCUT2D eigenvalue weighted by molar-refractivity contribution is -0.134. The number of phenols is 2. The number of benzene rings is 1. The summed E-state index contributed by atoms with van der Waals surface area (Å²) in [4.78, 5) is 35.6. The van der Waals surface area contributed by atoms with Gasteiger partial charge in [-0.25, -0.2) is 4.79 Å². The predicted octanol–water partition coefficient (Wildman–Crippen LogP) is 3.07. The molecule has 1 aliphatic heterocycles. The second-order valence-electron chi connectivity index (χ2n) is 6.14. The number of carbonyl (C=O) groups is 3. The molecular formula is C19H18Cl2O7. The van der Waals surface area contributed by atoms with E-state index in [1.165, 1.54) is 24.3 Å². The number of aromatic hydroxyl groups is 2. The summed E-state index contributed by atoms with van der Waals surface area (Å²) in [6.07, 6.45) is 3.90.